The lowest BCUT2D eigenvalue weighted by atomic mass is 10.0. The summed E-state index contributed by atoms with van der Waals surface area (Å²) in [6.45, 7) is -0.532. The van der Waals surface area contributed by atoms with Gasteiger partial charge in [0.05, 0.1) is 18.2 Å². The van der Waals surface area contributed by atoms with Gasteiger partial charge in [0.15, 0.2) is 11.8 Å². The maximum atomic E-state index is 12.1. The second kappa shape index (κ2) is 9.75. The third-order valence-corrected chi connectivity index (χ3v) is 4.01. The van der Waals surface area contributed by atoms with Crippen molar-refractivity contribution in [1.29, 1.82) is 0 Å². The molecule has 0 spiro atoms. The number of anilines is 1. The number of urea groups is 1. The van der Waals surface area contributed by atoms with Gasteiger partial charge in [0.1, 0.15) is 0 Å². The number of rotatable bonds is 7. The van der Waals surface area contributed by atoms with Crippen molar-refractivity contribution in [3.05, 3.63) is 58.3 Å². The number of amides is 3. The summed E-state index contributed by atoms with van der Waals surface area (Å²) in [4.78, 5) is 39.0. The molecule has 0 aliphatic heterocycles. The van der Waals surface area contributed by atoms with E-state index in [1.54, 1.807) is 36.4 Å². The molecule has 10 heteroatoms. The van der Waals surface area contributed by atoms with E-state index >= 15 is 0 Å². The van der Waals surface area contributed by atoms with E-state index in [1.807, 2.05) is 0 Å². The topological polar surface area (TPSA) is 123 Å². The molecule has 0 aliphatic rings. The van der Waals surface area contributed by atoms with Gasteiger partial charge in [-0.05, 0) is 23.8 Å². The van der Waals surface area contributed by atoms with Gasteiger partial charge in [-0.15, -0.1) is 0 Å². The average Bonchev–Trinajstić information content (AvgIpc) is 2.61. The van der Waals surface area contributed by atoms with Crippen molar-refractivity contribution in [3.8, 4) is 0 Å². The number of carbonyl (C=O) groups excluding carboxylic acids is 3. The maximum absolute atomic E-state index is 12.1. The van der Waals surface area contributed by atoms with Crippen LogP contribution in [-0.2, 0) is 14.3 Å². The van der Waals surface area contributed by atoms with Crippen LogP contribution in [0.15, 0.2) is 42.6 Å². The molecule has 2 aromatic rings. The van der Waals surface area contributed by atoms with Crippen LogP contribution in [0.1, 0.15) is 18.0 Å². The first-order valence-electron chi connectivity index (χ1n) is 7.73. The van der Waals surface area contributed by atoms with Crippen LogP contribution in [0, 0.1) is 0 Å². The molecule has 1 heterocycles. The van der Waals surface area contributed by atoms with Gasteiger partial charge in [0.25, 0.3) is 5.91 Å². The van der Waals surface area contributed by atoms with E-state index in [-0.39, 0.29) is 11.6 Å². The van der Waals surface area contributed by atoms with Gasteiger partial charge in [-0.3, -0.25) is 9.59 Å². The van der Waals surface area contributed by atoms with E-state index < -0.39 is 30.6 Å². The highest BCUT2D eigenvalue weighted by atomic mass is 35.5. The maximum Gasteiger partial charge on any atom is 0.312 e. The highest BCUT2D eigenvalue weighted by molar-refractivity contribution is 6.32. The Morgan fingerprint density at radius 3 is 2.56 bits per heavy atom. The Labute approximate surface area is 165 Å². The van der Waals surface area contributed by atoms with Crippen molar-refractivity contribution in [2.75, 3.05) is 11.9 Å². The van der Waals surface area contributed by atoms with Gasteiger partial charge in [-0.1, -0.05) is 41.4 Å². The monoisotopic (exact) mass is 410 g/mol. The lowest BCUT2D eigenvalue weighted by Crippen LogP contribution is -2.35. The number of benzene rings is 1. The Morgan fingerprint density at radius 1 is 1.15 bits per heavy atom. The summed E-state index contributed by atoms with van der Waals surface area (Å²) in [5.74, 6) is -1.31. The van der Waals surface area contributed by atoms with Gasteiger partial charge in [-0.2, -0.15) is 0 Å². The molecule has 1 aromatic carbocycles. The number of ether oxygens (including phenoxy) is 1. The van der Waals surface area contributed by atoms with E-state index in [4.69, 9.17) is 33.7 Å². The van der Waals surface area contributed by atoms with E-state index in [0.717, 1.165) is 0 Å². The van der Waals surface area contributed by atoms with Crippen molar-refractivity contribution in [2.45, 2.75) is 12.5 Å². The Kier molecular flexibility index (Phi) is 7.39. The number of hydrogen-bond donors (Lipinski definition) is 3. The summed E-state index contributed by atoms with van der Waals surface area (Å²) < 4.78 is 4.94. The number of aromatic nitrogens is 1. The molecule has 0 aliphatic carbocycles. The fourth-order valence-electron chi connectivity index (χ4n) is 2.21. The quantitative estimate of drug-likeness (QED) is 0.478. The van der Waals surface area contributed by atoms with Crippen molar-refractivity contribution >= 4 is 46.8 Å². The number of nitrogens with one attached hydrogen (secondary N) is 2. The number of halogens is 2. The van der Waals surface area contributed by atoms with Crippen LogP contribution in [0.3, 0.4) is 0 Å². The van der Waals surface area contributed by atoms with E-state index in [9.17, 15) is 14.4 Å². The lowest BCUT2D eigenvalue weighted by molar-refractivity contribution is -0.147. The van der Waals surface area contributed by atoms with Crippen LogP contribution in [0.5, 0.6) is 0 Å². The predicted molar refractivity (Wildman–Crippen MR) is 100 cm³/mol. The molecule has 0 saturated heterocycles. The van der Waals surface area contributed by atoms with Crippen LogP contribution in [0.4, 0.5) is 10.5 Å². The van der Waals surface area contributed by atoms with Crippen LogP contribution < -0.4 is 16.4 Å². The fourth-order valence-corrected chi connectivity index (χ4v) is 2.64. The van der Waals surface area contributed by atoms with Gasteiger partial charge < -0.3 is 21.1 Å². The number of nitrogens with zero attached hydrogens (tertiary/aromatic N) is 1. The number of primary amides is 1. The van der Waals surface area contributed by atoms with Gasteiger partial charge in [-0.25, -0.2) is 9.78 Å². The number of pyridine rings is 1. The zero-order valence-corrected chi connectivity index (χ0v) is 15.5. The third kappa shape index (κ3) is 6.43. The smallest absolute Gasteiger partial charge is 0.312 e. The van der Waals surface area contributed by atoms with E-state index in [1.165, 1.54) is 6.20 Å². The average molecular weight is 411 g/mol. The molecule has 2 rings (SSSR count). The Morgan fingerprint density at radius 2 is 1.89 bits per heavy atom. The summed E-state index contributed by atoms with van der Waals surface area (Å²) >= 11 is 11.9. The second-order valence-corrected chi connectivity index (χ2v) is 6.10. The summed E-state index contributed by atoms with van der Waals surface area (Å²) in [6.07, 6.45) is 1.21. The molecular weight excluding hydrogens is 395 g/mol. The van der Waals surface area contributed by atoms with Gasteiger partial charge in [0.2, 0.25) is 0 Å². The number of esters is 1. The molecule has 0 fully saturated rings. The molecular formula is C17H16Cl2N4O4. The molecule has 0 saturated carbocycles. The Hall–Kier alpha value is -2.84. The molecule has 0 unspecified atom stereocenters. The molecule has 3 amide bonds. The number of nitrogens with two attached hydrogens (primary N) is 1. The summed E-state index contributed by atoms with van der Waals surface area (Å²) in [5.41, 5.74) is 5.95. The van der Waals surface area contributed by atoms with Crippen LogP contribution in [-0.4, -0.2) is 29.5 Å². The van der Waals surface area contributed by atoms with Crippen molar-refractivity contribution < 1.29 is 19.1 Å². The lowest BCUT2D eigenvalue weighted by Gasteiger charge is -2.18. The molecule has 8 nitrogen and oxygen atoms in total. The van der Waals surface area contributed by atoms with Crippen LogP contribution >= 0.6 is 23.2 Å². The molecule has 1 atom stereocenters. The number of hydrogen-bond acceptors (Lipinski definition) is 5. The highest BCUT2D eigenvalue weighted by Gasteiger charge is 2.21. The zero-order valence-electron chi connectivity index (χ0n) is 13.9. The fraction of sp³-hybridized carbons (Fsp3) is 0.176. The molecule has 27 heavy (non-hydrogen) atoms. The first-order chi connectivity index (χ1) is 12.9. The molecule has 142 valence electrons. The predicted octanol–water partition coefficient (Wildman–Crippen LogP) is 2.67. The highest BCUT2D eigenvalue weighted by Crippen LogP contribution is 2.25. The molecule has 4 N–H and O–H groups in total. The Bertz CT molecular complexity index is 847. The van der Waals surface area contributed by atoms with Crippen LogP contribution in [0.2, 0.25) is 10.2 Å². The minimum atomic E-state index is -0.823. The van der Waals surface area contributed by atoms with Crippen molar-refractivity contribution in [3.63, 3.8) is 0 Å². The molecule has 1 aromatic heterocycles. The van der Waals surface area contributed by atoms with Gasteiger partial charge in [0, 0.05) is 11.2 Å². The third-order valence-electron chi connectivity index (χ3n) is 3.37. The second-order valence-electron chi connectivity index (χ2n) is 5.34. The Balaban J connectivity index is 1.93. The first kappa shape index (κ1) is 20.5. The number of carbonyl (C=O) groups is 3. The minimum absolute atomic E-state index is 0.113. The van der Waals surface area contributed by atoms with Gasteiger partial charge >= 0.3 is 12.0 Å². The molecule has 0 bridgehead atoms. The van der Waals surface area contributed by atoms with Crippen molar-refractivity contribution in [1.82, 2.24) is 10.3 Å². The minimum Gasteiger partial charge on any atom is -0.455 e. The normalized spacial score (nSPS) is 11.3. The standard InChI is InChI=1S/C17H16Cl2N4O4/c18-11-5-2-1-4-10(11)13(23-17(20)26)8-15(25)27-9-14(24)22-12-6-3-7-21-16(12)19/h1-7,13H,8-9H2,(H,22,24)(H3,20,23,26)/t13-/m1/s1. The summed E-state index contributed by atoms with van der Waals surface area (Å²) in [7, 11) is 0. The largest absolute Gasteiger partial charge is 0.455 e. The SMILES string of the molecule is NC(=O)N[C@H](CC(=O)OCC(=O)Nc1cccnc1Cl)c1ccccc1Cl. The first-order valence-corrected chi connectivity index (χ1v) is 8.48. The van der Waals surface area contributed by atoms with E-state index in [2.05, 4.69) is 15.6 Å². The zero-order chi connectivity index (χ0) is 19.8. The molecule has 0 radical (unpaired) electrons. The van der Waals surface area contributed by atoms with Crippen LogP contribution in [0.25, 0.3) is 0 Å². The van der Waals surface area contributed by atoms with Crippen molar-refractivity contribution in [2.24, 2.45) is 5.73 Å². The summed E-state index contributed by atoms with van der Waals surface area (Å²) in [6, 6.07) is 8.20. The van der Waals surface area contributed by atoms with E-state index in [0.29, 0.717) is 16.3 Å². The summed E-state index contributed by atoms with van der Waals surface area (Å²) in [5, 5.41) is 5.37.